The summed E-state index contributed by atoms with van der Waals surface area (Å²) >= 11 is 0. The topological polar surface area (TPSA) is 78.9 Å². The summed E-state index contributed by atoms with van der Waals surface area (Å²) in [6.07, 6.45) is 62.7. The van der Waals surface area contributed by atoms with E-state index >= 15 is 0 Å². The van der Waals surface area contributed by atoms with E-state index in [1.807, 2.05) is 0 Å². The predicted molar refractivity (Wildman–Crippen MR) is 275 cm³/mol. The molecule has 0 rings (SSSR count). The first-order valence-electron chi connectivity index (χ1n) is 28.0. The summed E-state index contributed by atoms with van der Waals surface area (Å²) < 4.78 is 16.8. The molecule has 0 N–H and O–H groups in total. The van der Waals surface area contributed by atoms with Gasteiger partial charge in [-0.25, -0.2) is 0 Å². The predicted octanol–water partition coefficient (Wildman–Crippen LogP) is 18.5. The smallest absolute Gasteiger partial charge is 0.306 e. The average molecular weight is 899 g/mol. The van der Waals surface area contributed by atoms with Crippen LogP contribution in [0.2, 0.25) is 0 Å². The Bertz CT molecular complexity index is 1080. The fourth-order valence-electron chi connectivity index (χ4n) is 8.07. The maximum Gasteiger partial charge on any atom is 0.306 e. The van der Waals surface area contributed by atoms with Crippen molar-refractivity contribution in [3.8, 4) is 0 Å². The Morgan fingerprint density at radius 3 is 0.781 bits per heavy atom. The number of carbonyl (C=O) groups excluding carboxylic acids is 3. The van der Waals surface area contributed by atoms with Crippen LogP contribution < -0.4 is 0 Å². The Morgan fingerprint density at radius 2 is 0.516 bits per heavy atom. The molecule has 0 aliphatic carbocycles. The third kappa shape index (κ3) is 50.6. The van der Waals surface area contributed by atoms with Crippen molar-refractivity contribution in [1.29, 1.82) is 0 Å². The third-order valence-corrected chi connectivity index (χ3v) is 12.3. The molecule has 0 aliphatic heterocycles. The molecule has 0 unspecified atom stereocenters. The van der Waals surface area contributed by atoms with Gasteiger partial charge in [-0.15, -0.1) is 0 Å². The number of hydrogen-bond acceptors (Lipinski definition) is 6. The van der Waals surface area contributed by atoms with E-state index in [-0.39, 0.29) is 31.1 Å². The molecular weight excluding hydrogens is 793 g/mol. The number of rotatable bonds is 51. The molecule has 0 spiro atoms. The Hall–Kier alpha value is -2.37. The van der Waals surface area contributed by atoms with Crippen molar-refractivity contribution in [2.24, 2.45) is 0 Å². The van der Waals surface area contributed by atoms with Gasteiger partial charge in [0.05, 0.1) is 0 Å². The summed E-state index contributed by atoms with van der Waals surface area (Å²) in [5.74, 6) is -0.892. The number of carbonyl (C=O) groups is 3. The van der Waals surface area contributed by atoms with Crippen LogP contribution in [0.1, 0.15) is 297 Å². The molecule has 0 amide bonds. The van der Waals surface area contributed by atoms with Crippen LogP contribution in [0.25, 0.3) is 0 Å². The maximum atomic E-state index is 12.8. The Kier molecular flexibility index (Phi) is 51.3. The number of hydrogen-bond donors (Lipinski definition) is 0. The first-order valence-corrected chi connectivity index (χ1v) is 28.0. The van der Waals surface area contributed by atoms with E-state index in [2.05, 4.69) is 57.2 Å². The maximum absolute atomic E-state index is 12.8. The van der Waals surface area contributed by atoms with E-state index in [0.29, 0.717) is 19.3 Å². The van der Waals surface area contributed by atoms with E-state index in [9.17, 15) is 14.4 Å². The number of esters is 3. The molecule has 64 heavy (non-hydrogen) atoms. The van der Waals surface area contributed by atoms with Crippen LogP contribution in [0.3, 0.4) is 0 Å². The first-order chi connectivity index (χ1) is 31.5. The summed E-state index contributed by atoms with van der Waals surface area (Å²) in [6.45, 7) is 6.63. The molecule has 0 saturated heterocycles. The van der Waals surface area contributed by atoms with Crippen molar-refractivity contribution in [2.45, 2.75) is 303 Å². The molecule has 0 aromatic rings. The highest BCUT2D eigenvalue weighted by Crippen LogP contribution is 2.15. The minimum atomic E-state index is -0.781. The highest BCUT2D eigenvalue weighted by molar-refractivity contribution is 5.71. The van der Waals surface area contributed by atoms with Gasteiger partial charge in [0, 0.05) is 19.3 Å². The number of unbranched alkanes of at least 4 members (excludes halogenated alkanes) is 34. The summed E-state index contributed by atoms with van der Waals surface area (Å²) in [6, 6.07) is 0. The molecule has 0 saturated carbocycles. The van der Waals surface area contributed by atoms with Gasteiger partial charge in [0.1, 0.15) is 13.2 Å². The summed E-state index contributed by atoms with van der Waals surface area (Å²) in [4.78, 5) is 38.1. The molecule has 0 fully saturated rings. The minimum Gasteiger partial charge on any atom is -0.462 e. The second-order valence-electron chi connectivity index (χ2n) is 18.8. The fraction of sp³-hybridized carbons (Fsp3) is 0.845. The standard InChI is InChI=1S/C58H106O6/c1-4-7-10-13-16-19-22-25-28-31-33-36-39-42-45-48-51-57(60)63-54-55(64-58(61)52-49-46-43-40-37-34-30-27-24-21-18-15-12-9-6-3)53-62-56(59)50-47-44-41-38-35-32-29-26-23-20-17-14-11-8-5-2/h26-31,55H,4-25,32-54H2,1-3H3/b29-26-,30-27-,31-28-/t55-/m1/s1. The molecule has 374 valence electrons. The lowest BCUT2D eigenvalue weighted by Crippen LogP contribution is -2.30. The SMILES string of the molecule is CCCCCCCC/C=C\CCCCCCCC(=O)OC[C@H](COC(=O)CCCCCCC/C=C\CCCCCCCCC)OC(=O)CCCCCCC/C=C\CCCCCCCC. The van der Waals surface area contributed by atoms with Crippen LogP contribution in [0, 0.1) is 0 Å². The average Bonchev–Trinajstić information content (AvgIpc) is 3.29. The minimum absolute atomic E-state index is 0.0805. The monoisotopic (exact) mass is 899 g/mol. The lowest BCUT2D eigenvalue weighted by atomic mass is 10.1. The van der Waals surface area contributed by atoms with Crippen molar-refractivity contribution >= 4 is 17.9 Å². The van der Waals surface area contributed by atoms with E-state index in [0.717, 1.165) is 77.0 Å². The van der Waals surface area contributed by atoms with Crippen LogP contribution in [-0.2, 0) is 28.6 Å². The van der Waals surface area contributed by atoms with E-state index in [1.165, 1.54) is 180 Å². The second kappa shape index (κ2) is 53.2. The van der Waals surface area contributed by atoms with Gasteiger partial charge in [0.15, 0.2) is 6.10 Å². The zero-order valence-electron chi connectivity index (χ0n) is 42.8. The summed E-state index contributed by atoms with van der Waals surface area (Å²) in [5, 5.41) is 0. The third-order valence-electron chi connectivity index (χ3n) is 12.3. The zero-order chi connectivity index (χ0) is 46.5. The summed E-state index contributed by atoms with van der Waals surface area (Å²) in [5.41, 5.74) is 0. The highest BCUT2D eigenvalue weighted by Gasteiger charge is 2.19. The zero-order valence-corrected chi connectivity index (χ0v) is 42.8. The quantitative estimate of drug-likeness (QED) is 0.0262. The molecule has 6 heteroatoms. The van der Waals surface area contributed by atoms with Crippen molar-refractivity contribution in [3.63, 3.8) is 0 Å². The van der Waals surface area contributed by atoms with Gasteiger partial charge in [-0.3, -0.25) is 14.4 Å². The molecule has 6 nitrogen and oxygen atoms in total. The van der Waals surface area contributed by atoms with E-state index in [1.54, 1.807) is 0 Å². The highest BCUT2D eigenvalue weighted by atomic mass is 16.6. The van der Waals surface area contributed by atoms with Gasteiger partial charge in [-0.05, 0) is 96.3 Å². The number of allylic oxidation sites excluding steroid dienone is 6. The van der Waals surface area contributed by atoms with Gasteiger partial charge in [-0.2, -0.15) is 0 Å². The lowest BCUT2D eigenvalue weighted by Gasteiger charge is -2.18. The summed E-state index contributed by atoms with van der Waals surface area (Å²) in [7, 11) is 0. The Balaban J connectivity index is 4.39. The largest absolute Gasteiger partial charge is 0.462 e. The molecule has 0 aromatic heterocycles. The van der Waals surface area contributed by atoms with Gasteiger partial charge in [0.2, 0.25) is 0 Å². The Morgan fingerprint density at radius 1 is 0.297 bits per heavy atom. The normalized spacial score (nSPS) is 12.2. The molecule has 0 aliphatic rings. The first kappa shape index (κ1) is 61.6. The van der Waals surface area contributed by atoms with Gasteiger partial charge >= 0.3 is 17.9 Å². The van der Waals surface area contributed by atoms with Gasteiger partial charge in [-0.1, -0.05) is 218 Å². The van der Waals surface area contributed by atoms with E-state index in [4.69, 9.17) is 14.2 Å². The van der Waals surface area contributed by atoms with Crippen molar-refractivity contribution in [2.75, 3.05) is 13.2 Å². The molecule has 0 heterocycles. The molecule has 0 aromatic carbocycles. The Labute approximate surface area is 397 Å². The van der Waals surface area contributed by atoms with Crippen LogP contribution in [0.15, 0.2) is 36.5 Å². The van der Waals surface area contributed by atoms with Gasteiger partial charge in [0.25, 0.3) is 0 Å². The molecule has 1 atom stereocenters. The van der Waals surface area contributed by atoms with Crippen molar-refractivity contribution in [3.05, 3.63) is 36.5 Å². The molecular formula is C58H106O6. The van der Waals surface area contributed by atoms with Crippen LogP contribution in [-0.4, -0.2) is 37.2 Å². The van der Waals surface area contributed by atoms with Crippen molar-refractivity contribution < 1.29 is 28.6 Å². The van der Waals surface area contributed by atoms with Crippen molar-refractivity contribution in [1.82, 2.24) is 0 Å². The lowest BCUT2D eigenvalue weighted by molar-refractivity contribution is -0.167. The van der Waals surface area contributed by atoms with Crippen LogP contribution >= 0.6 is 0 Å². The van der Waals surface area contributed by atoms with E-state index < -0.39 is 6.10 Å². The fourth-order valence-corrected chi connectivity index (χ4v) is 8.07. The molecule has 0 radical (unpaired) electrons. The molecule has 0 bridgehead atoms. The van der Waals surface area contributed by atoms with Crippen LogP contribution in [0.5, 0.6) is 0 Å². The van der Waals surface area contributed by atoms with Gasteiger partial charge < -0.3 is 14.2 Å². The van der Waals surface area contributed by atoms with Crippen LogP contribution in [0.4, 0.5) is 0 Å². The number of ether oxygens (including phenoxy) is 3. The second-order valence-corrected chi connectivity index (χ2v) is 18.8.